The van der Waals surface area contributed by atoms with E-state index in [0.717, 1.165) is 37.5 Å². The van der Waals surface area contributed by atoms with Gasteiger partial charge in [-0.15, -0.1) is 0 Å². The van der Waals surface area contributed by atoms with E-state index in [-0.39, 0.29) is 11.3 Å². The second-order valence-electron chi connectivity index (χ2n) is 8.09. The maximum absolute atomic E-state index is 8.07. The lowest BCUT2D eigenvalue weighted by molar-refractivity contribution is 0.0272. The van der Waals surface area contributed by atoms with Gasteiger partial charge < -0.3 is 14.9 Å². The SMILES string of the molecule is CO[C@H]1CC[C@]2(CC1)Cc1ccc(OCC3CCC3)cc1C2C=N. The number of benzene rings is 1. The van der Waals surface area contributed by atoms with Gasteiger partial charge in [-0.1, -0.05) is 12.5 Å². The summed E-state index contributed by atoms with van der Waals surface area (Å²) in [5.74, 6) is 2.00. The summed E-state index contributed by atoms with van der Waals surface area (Å²) in [5.41, 5.74) is 3.01. The fraction of sp³-hybridized carbons (Fsp3) is 0.667. The second kappa shape index (κ2) is 6.51. The van der Waals surface area contributed by atoms with Gasteiger partial charge >= 0.3 is 0 Å². The molecule has 4 rings (SSSR count). The van der Waals surface area contributed by atoms with Crippen LogP contribution < -0.4 is 4.74 Å². The van der Waals surface area contributed by atoms with Crippen molar-refractivity contribution in [3.05, 3.63) is 29.3 Å². The molecule has 2 saturated carbocycles. The minimum atomic E-state index is 0.242. The highest BCUT2D eigenvalue weighted by Gasteiger charge is 2.47. The minimum absolute atomic E-state index is 0.242. The number of hydrogen-bond acceptors (Lipinski definition) is 3. The molecule has 0 aliphatic heterocycles. The quantitative estimate of drug-likeness (QED) is 0.794. The summed E-state index contributed by atoms with van der Waals surface area (Å²) in [7, 11) is 1.83. The van der Waals surface area contributed by atoms with Crippen molar-refractivity contribution in [2.75, 3.05) is 13.7 Å². The summed E-state index contributed by atoms with van der Waals surface area (Å²) < 4.78 is 11.6. The Bertz CT molecular complexity index is 600. The van der Waals surface area contributed by atoms with Gasteiger partial charge in [0.15, 0.2) is 0 Å². The van der Waals surface area contributed by atoms with Crippen molar-refractivity contribution in [1.29, 1.82) is 5.41 Å². The van der Waals surface area contributed by atoms with Crippen molar-refractivity contribution < 1.29 is 9.47 Å². The van der Waals surface area contributed by atoms with Crippen molar-refractivity contribution in [3.8, 4) is 5.75 Å². The third-order valence-electron chi connectivity index (χ3n) is 6.79. The van der Waals surface area contributed by atoms with Crippen LogP contribution in [0, 0.1) is 16.7 Å². The van der Waals surface area contributed by atoms with E-state index in [1.54, 1.807) is 6.21 Å². The van der Waals surface area contributed by atoms with Gasteiger partial charge in [-0.25, -0.2) is 0 Å². The van der Waals surface area contributed by atoms with E-state index in [2.05, 4.69) is 18.2 Å². The Kier molecular flexibility index (Phi) is 4.38. The topological polar surface area (TPSA) is 42.3 Å². The highest BCUT2D eigenvalue weighted by molar-refractivity contribution is 5.70. The summed E-state index contributed by atoms with van der Waals surface area (Å²) in [4.78, 5) is 0. The van der Waals surface area contributed by atoms with Gasteiger partial charge in [0.1, 0.15) is 5.75 Å². The average molecular weight is 327 g/mol. The van der Waals surface area contributed by atoms with E-state index < -0.39 is 0 Å². The number of nitrogens with one attached hydrogen (secondary N) is 1. The molecule has 0 aromatic heterocycles. The monoisotopic (exact) mass is 327 g/mol. The van der Waals surface area contributed by atoms with E-state index in [9.17, 15) is 0 Å². The third-order valence-corrected chi connectivity index (χ3v) is 6.79. The van der Waals surface area contributed by atoms with Crippen molar-refractivity contribution in [2.24, 2.45) is 11.3 Å². The largest absolute Gasteiger partial charge is 0.493 e. The average Bonchev–Trinajstić information content (AvgIpc) is 2.86. The molecule has 3 aliphatic carbocycles. The number of fused-ring (bicyclic) bond motifs is 1. The molecule has 1 N–H and O–H groups in total. The summed E-state index contributed by atoms with van der Waals surface area (Å²) in [6, 6.07) is 6.61. The molecule has 0 radical (unpaired) electrons. The van der Waals surface area contributed by atoms with Gasteiger partial charge in [0.05, 0.1) is 12.7 Å². The molecule has 1 spiro atoms. The fourth-order valence-electron chi connectivity index (χ4n) is 4.96. The van der Waals surface area contributed by atoms with E-state index >= 15 is 0 Å². The molecule has 0 amide bonds. The van der Waals surface area contributed by atoms with Crippen LogP contribution in [0.25, 0.3) is 0 Å². The van der Waals surface area contributed by atoms with Crippen molar-refractivity contribution in [1.82, 2.24) is 0 Å². The first kappa shape index (κ1) is 16.1. The Balaban J connectivity index is 1.51. The molecule has 1 atom stereocenters. The molecule has 1 aromatic carbocycles. The summed E-state index contributed by atoms with van der Waals surface area (Å²) >= 11 is 0. The van der Waals surface area contributed by atoms with Gasteiger partial charge in [0.25, 0.3) is 0 Å². The molecule has 24 heavy (non-hydrogen) atoms. The van der Waals surface area contributed by atoms with Crippen molar-refractivity contribution in [2.45, 2.75) is 63.4 Å². The number of methoxy groups -OCH3 is 1. The van der Waals surface area contributed by atoms with Crippen LogP contribution in [0.2, 0.25) is 0 Å². The summed E-state index contributed by atoms with van der Waals surface area (Å²) in [6.45, 7) is 0.856. The Morgan fingerprint density at radius 2 is 2.00 bits per heavy atom. The molecule has 3 heteroatoms. The number of ether oxygens (including phenoxy) is 2. The van der Waals surface area contributed by atoms with Crippen LogP contribution in [0.4, 0.5) is 0 Å². The lowest BCUT2D eigenvalue weighted by Crippen LogP contribution is -2.34. The Morgan fingerprint density at radius 3 is 2.62 bits per heavy atom. The smallest absolute Gasteiger partial charge is 0.119 e. The molecule has 3 aliphatic rings. The first-order valence-corrected chi connectivity index (χ1v) is 9.53. The normalized spacial score (nSPS) is 32.4. The molecular formula is C21H29NO2. The molecule has 0 saturated heterocycles. The standard InChI is InChI=1S/C21H29NO2/c1-23-17-7-9-21(10-8-17)12-16-5-6-18(11-19(16)20(21)13-22)24-14-15-3-2-4-15/h5-6,11,13,15,17,20,22H,2-4,7-10,12,14H2,1H3/t17-,20?,21-. The maximum Gasteiger partial charge on any atom is 0.119 e. The van der Waals surface area contributed by atoms with Gasteiger partial charge in [-0.3, -0.25) is 0 Å². The molecule has 1 aromatic rings. The van der Waals surface area contributed by atoms with Crippen molar-refractivity contribution >= 4 is 6.21 Å². The Hall–Kier alpha value is -1.35. The van der Waals surface area contributed by atoms with Crippen LogP contribution in [-0.4, -0.2) is 26.0 Å². The molecule has 0 bridgehead atoms. The van der Waals surface area contributed by atoms with Gasteiger partial charge in [0.2, 0.25) is 0 Å². The third kappa shape index (κ3) is 2.77. The first-order chi connectivity index (χ1) is 11.7. The van der Waals surface area contributed by atoms with Gasteiger partial charge in [-0.05, 0) is 79.5 Å². The zero-order valence-electron chi connectivity index (χ0n) is 14.7. The van der Waals surface area contributed by atoms with Crippen molar-refractivity contribution in [3.63, 3.8) is 0 Å². The zero-order valence-corrected chi connectivity index (χ0v) is 14.7. The summed E-state index contributed by atoms with van der Waals surface area (Å²) in [5, 5.41) is 8.07. The first-order valence-electron chi connectivity index (χ1n) is 9.53. The van der Waals surface area contributed by atoms with Crippen LogP contribution in [0.3, 0.4) is 0 Å². The lowest BCUT2D eigenvalue weighted by atomic mass is 9.66. The van der Waals surface area contributed by atoms with Crippen LogP contribution in [0.5, 0.6) is 5.75 Å². The molecule has 3 nitrogen and oxygen atoms in total. The maximum atomic E-state index is 8.07. The summed E-state index contributed by atoms with van der Waals surface area (Å²) in [6.07, 6.45) is 11.8. The van der Waals surface area contributed by atoms with Crippen LogP contribution >= 0.6 is 0 Å². The molecule has 2 fully saturated rings. The molecule has 130 valence electrons. The van der Waals surface area contributed by atoms with Gasteiger partial charge in [0, 0.05) is 19.2 Å². The minimum Gasteiger partial charge on any atom is -0.493 e. The van der Waals surface area contributed by atoms with Crippen LogP contribution in [0.1, 0.15) is 62.0 Å². The Morgan fingerprint density at radius 1 is 1.21 bits per heavy atom. The van der Waals surface area contributed by atoms with E-state index in [1.807, 2.05) is 7.11 Å². The number of hydrogen-bond donors (Lipinski definition) is 1. The van der Waals surface area contributed by atoms with E-state index in [1.165, 1.54) is 43.2 Å². The highest BCUT2D eigenvalue weighted by atomic mass is 16.5. The molecule has 1 unspecified atom stereocenters. The molecular weight excluding hydrogens is 298 g/mol. The van der Waals surface area contributed by atoms with E-state index in [4.69, 9.17) is 14.9 Å². The van der Waals surface area contributed by atoms with Crippen LogP contribution in [0.15, 0.2) is 18.2 Å². The molecule has 0 heterocycles. The number of rotatable bonds is 5. The second-order valence-corrected chi connectivity index (χ2v) is 8.09. The van der Waals surface area contributed by atoms with Gasteiger partial charge in [-0.2, -0.15) is 0 Å². The zero-order chi connectivity index (χ0) is 16.6. The van der Waals surface area contributed by atoms with E-state index in [0.29, 0.717) is 6.10 Å². The van der Waals surface area contributed by atoms with Crippen LogP contribution in [-0.2, 0) is 11.2 Å². The predicted molar refractivity (Wildman–Crippen MR) is 96.2 cm³/mol. The Labute approximate surface area is 145 Å². The predicted octanol–water partition coefficient (Wildman–Crippen LogP) is 4.73. The fourth-order valence-corrected chi connectivity index (χ4v) is 4.96. The lowest BCUT2D eigenvalue weighted by Gasteiger charge is -2.40. The highest BCUT2D eigenvalue weighted by Crippen LogP contribution is 2.55.